The van der Waals surface area contributed by atoms with E-state index in [0.29, 0.717) is 0 Å². The average molecular weight is 411 g/mol. The Labute approximate surface area is 172 Å². The van der Waals surface area contributed by atoms with Crippen LogP contribution in [0.2, 0.25) is 0 Å². The van der Waals surface area contributed by atoms with Gasteiger partial charge in [0.2, 0.25) is 11.8 Å². The van der Waals surface area contributed by atoms with Crippen LogP contribution in [0.25, 0.3) is 0 Å². The van der Waals surface area contributed by atoms with Crippen molar-refractivity contribution in [3.8, 4) is 0 Å². The SMILES string of the molecule is CC(C)C(=O)N1CCN(C(=O)OC(C)(C)C)CC12CN([C@H](C(N)=O)C(C)C)C2=O. The molecule has 0 aliphatic carbocycles. The van der Waals surface area contributed by atoms with Crippen molar-refractivity contribution in [3.63, 3.8) is 0 Å². The smallest absolute Gasteiger partial charge is 0.410 e. The second-order valence-electron chi connectivity index (χ2n) is 9.60. The second kappa shape index (κ2) is 7.84. The maximum absolute atomic E-state index is 13.3. The first kappa shape index (κ1) is 23.0. The Hall–Kier alpha value is -2.32. The van der Waals surface area contributed by atoms with Crippen LogP contribution in [0.5, 0.6) is 0 Å². The van der Waals surface area contributed by atoms with Gasteiger partial charge in [-0.15, -0.1) is 0 Å². The van der Waals surface area contributed by atoms with Crippen molar-refractivity contribution in [2.24, 2.45) is 17.6 Å². The number of ether oxygens (including phenoxy) is 1. The van der Waals surface area contributed by atoms with Gasteiger partial charge in [-0.1, -0.05) is 27.7 Å². The number of nitrogens with zero attached hydrogens (tertiary/aromatic N) is 3. The summed E-state index contributed by atoms with van der Waals surface area (Å²) in [5.41, 5.74) is 3.67. The highest BCUT2D eigenvalue weighted by Gasteiger charge is 2.62. The third-order valence-electron chi connectivity index (χ3n) is 5.32. The first-order valence-corrected chi connectivity index (χ1v) is 10.1. The number of carbonyl (C=O) groups excluding carboxylic acids is 4. The predicted octanol–water partition coefficient (Wildman–Crippen LogP) is 0.813. The summed E-state index contributed by atoms with van der Waals surface area (Å²) < 4.78 is 5.45. The summed E-state index contributed by atoms with van der Waals surface area (Å²) in [5.74, 6) is -1.53. The van der Waals surface area contributed by atoms with Gasteiger partial charge in [0.15, 0.2) is 5.54 Å². The summed E-state index contributed by atoms with van der Waals surface area (Å²) in [4.78, 5) is 55.1. The van der Waals surface area contributed by atoms with Crippen LogP contribution in [-0.2, 0) is 19.1 Å². The molecular formula is C20H34N4O5. The molecule has 2 saturated heterocycles. The van der Waals surface area contributed by atoms with E-state index in [2.05, 4.69) is 0 Å². The molecular weight excluding hydrogens is 376 g/mol. The van der Waals surface area contributed by atoms with Crippen molar-refractivity contribution >= 4 is 23.8 Å². The zero-order valence-electron chi connectivity index (χ0n) is 18.5. The zero-order chi connectivity index (χ0) is 22.3. The number of piperazine rings is 1. The standard InChI is InChI=1S/C20H34N4O5/c1-12(2)14(15(21)25)23-11-20(17(23)27)10-22(18(28)29-19(5,6)7)8-9-24(20)16(26)13(3)4/h12-14H,8-11H2,1-7H3,(H2,21,25)/t14-,20?/m0/s1. The first-order valence-electron chi connectivity index (χ1n) is 10.1. The zero-order valence-corrected chi connectivity index (χ0v) is 18.5. The van der Waals surface area contributed by atoms with E-state index in [1.54, 1.807) is 39.5 Å². The van der Waals surface area contributed by atoms with Gasteiger partial charge in [0.25, 0.3) is 5.91 Å². The lowest BCUT2D eigenvalue weighted by Gasteiger charge is -2.59. The molecule has 2 atom stereocenters. The van der Waals surface area contributed by atoms with Crippen molar-refractivity contribution in [2.75, 3.05) is 26.2 Å². The van der Waals surface area contributed by atoms with Gasteiger partial charge in [-0.2, -0.15) is 0 Å². The number of amides is 4. The Bertz CT molecular complexity index is 699. The Morgan fingerprint density at radius 1 is 1.07 bits per heavy atom. The molecule has 0 aromatic carbocycles. The fraction of sp³-hybridized carbons (Fsp3) is 0.800. The number of carbonyl (C=O) groups is 4. The fourth-order valence-corrected chi connectivity index (χ4v) is 4.01. The van der Waals surface area contributed by atoms with Crippen LogP contribution in [-0.4, -0.2) is 81.9 Å². The minimum atomic E-state index is -1.18. The average Bonchev–Trinajstić information content (AvgIpc) is 2.58. The number of hydrogen-bond acceptors (Lipinski definition) is 5. The molecule has 9 heteroatoms. The fourth-order valence-electron chi connectivity index (χ4n) is 4.01. The van der Waals surface area contributed by atoms with Crippen LogP contribution in [0.3, 0.4) is 0 Å². The summed E-state index contributed by atoms with van der Waals surface area (Å²) in [7, 11) is 0. The molecule has 164 valence electrons. The molecule has 1 spiro atoms. The van der Waals surface area contributed by atoms with Gasteiger partial charge in [0, 0.05) is 19.0 Å². The van der Waals surface area contributed by atoms with E-state index in [4.69, 9.17) is 10.5 Å². The summed E-state index contributed by atoms with van der Waals surface area (Å²) in [6.45, 7) is 13.2. The maximum atomic E-state index is 13.3. The van der Waals surface area contributed by atoms with Gasteiger partial charge < -0.3 is 25.2 Å². The van der Waals surface area contributed by atoms with E-state index in [1.807, 2.05) is 13.8 Å². The van der Waals surface area contributed by atoms with Gasteiger partial charge in [0.05, 0.1) is 13.1 Å². The molecule has 2 heterocycles. The second-order valence-corrected chi connectivity index (χ2v) is 9.60. The molecule has 0 bridgehead atoms. The highest BCUT2D eigenvalue weighted by Crippen LogP contribution is 2.37. The van der Waals surface area contributed by atoms with E-state index in [0.717, 1.165) is 0 Å². The van der Waals surface area contributed by atoms with Crippen molar-refractivity contribution in [3.05, 3.63) is 0 Å². The predicted molar refractivity (Wildman–Crippen MR) is 107 cm³/mol. The number of primary amides is 1. The Balaban J connectivity index is 2.32. The molecule has 2 aliphatic heterocycles. The minimum Gasteiger partial charge on any atom is -0.444 e. The molecule has 2 fully saturated rings. The molecule has 2 N–H and O–H groups in total. The van der Waals surface area contributed by atoms with Gasteiger partial charge in [-0.05, 0) is 26.7 Å². The molecule has 4 amide bonds. The van der Waals surface area contributed by atoms with Crippen LogP contribution in [0.4, 0.5) is 4.79 Å². The number of likely N-dealkylation sites (tertiary alicyclic amines) is 1. The molecule has 0 aromatic heterocycles. The lowest BCUT2D eigenvalue weighted by molar-refractivity contribution is -0.185. The van der Waals surface area contributed by atoms with E-state index < -0.39 is 29.2 Å². The molecule has 2 aliphatic rings. The highest BCUT2D eigenvalue weighted by atomic mass is 16.6. The molecule has 29 heavy (non-hydrogen) atoms. The van der Waals surface area contributed by atoms with Crippen molar-refractivity contribution < 1.29 is 23.9 Å². The van der Waals surface area contributed by atoms with E-state index in [9.17, 15) is 19.2 Å². The minimum absolute atomic E-state index is 0.0410. The van der Waals surface area contributed by atoms with Crippen molar-refractivity contribution in [2.45, 2.75) is 65.6 Å². The maximum Gasteiger partial charge on any atom is 0.410 e. The van der Waals surface area contributed by atoms with Gasteiger partial charge >= 0.3 is 6.09 Å². The lowest BCUT2D eigenvalue weighted by Crippen LogP contribution is -2.83. The Kier molecular flexibility index (Phi) is 6.20. The molecule has 0 saturated carbocycles. The highest BCUT2D eigenvalue weighted by molar-refractivity contribution is 6.00. The topological polar surface area (TPSA) is 113 Å². The summed E-state index contributed by atoms with van der Waals surface area (Å²) in [6, 6.07) is -0.749. The molecule has 0 aromatic rings. The third-order valence-corrected chi connectivity index (χ3v) is 5.32. The molecule has 2 rings (SSSR count). The van der Waals surface area contributed by atoms with Crippen molar-refractivity contribution in [1.29, 1.82) is 0 Å². The largest absolute Gasteiger partial charge is 0.444 e. The number of rotatable bonds is 4. The van der Waals surface area contributed by atoms with Gasteiger partial charge in [-0.3, -0.25) is 14.4 Å². The summed E-state index contributed by atoms with van der Waals surface area (Å²) >= 11 is 0. The van der Waals surface area contributed by atoms with E-state index in [-0.39, 0.29) is 49.8 Å². The van der Waals surface area contributed by atoms with E-state index >= 15 is 0 Å². The van der Waals surface area contributed by atoms with Crippen LogP contribution in [0.1, 0.15) is 48.5 Å². The summed E-state index contributed by atoms with van der Waals surface area (Å²) in [5, 5.41) is 0. The van der Waals surface area contributed by atoms with Crippen LogP contribution in [0, 0.1) is 11.8 Å². The third kappa shape index (κ3) is 4.33. The van der Waals surface area contributed by atoms with Crippen LogP contribution >= 0.6 is 0 Å². The molecule has 9 nitrogen and oxygen atoms in total. The van der Waals surface area contributed by atoms with Gasteiger partial charge in [0.1, 0.15) is 11.6 Å². The Morgan fingerprint density at radius 2 is 1.66 bits per heavy atom. The lowest BCUT2D eigenvalue weighted by atomic mass is 9.80. The van der Waals surface area contributed by atoms with E-state index in [1.165, 1.54) is 9.80 Å². The molecule has 1 unspecified atom stereocenters. The number of nitrogens with two attached hydrogens (primary N) is 1. The van der Waals surface area contributed by atoms with Crippen molar-refractivity contribution in [1.82, 2.24) is 14.7 Å². The normalized spacial score (nSPS) is 23.5. The van der Waals surface area contributed by atoms with Crippen LogP contribution in [0.15, 0.2) is 0 Å². The first-order chi connectivity index (χ1) is 13.2. The molecule has 0 radical (unpaired) electrons. The van der Waals surface area contributed by atoms with Gasteiger partial charge in [-0.25, -0.2) is 4.79 Å². The number of hydrogen-bond donors (Lipinski definition) is 1. The Morgan fingerprint density at radius 3 is 2.07 bits per heavy atom. The summed E-state index contributed by atoms with van der Waals surface area (Å²) in [6.07, 6.45) is -0.518. The van der Waals surface area contributed by atoms with Crippen LogP contribution < -0.4 is 5.73 Å². The quantitative estimate of drug-likeness (QED) is 0.689. The monoisotopic (exact) mass is 410 g/mol. The number of β-lactam (4-membered cyclic amide) rings is 1.